The summed E-state index contributed by atoms with van der Waals surface area (Å²) >= 11 is 11.5. The van der Waals surface area contributed by atoms with Gasteiger partial charge < -0.3 is 14.5 Å². The fraction of sp³-hybridized carbons (Fsp3) is 0.125. The highest BCUT2D eigenvalue weighted by Gasteiger charge is 2.12. The zero-order valence-electron chi connectivity index (χ0n) is 17.4. The van der Waals surface area contributed by atoms with E-state index in [0.717, 1.165) is 12.0 Å². The molecule has 0 atom stereocenters. The van der Waals surface area contributed by atoms with Gasteiger partial charge in [0.25, 0.3) is 5.91 Å². The quantitative estimate of drug-likeness (QED) is 0.360. The van der Waals surface area contributed by atoms with Crippen LogP contribution in [0.2, 0.25) is 5.02 Å². The molecule has 4 rings (SSSR count). The molecule has 4 aromatic rings. The topological polar surface area (TPSA) is 76.4 Å². The molecule has 1 aromatic heterocycles. The van der Waals surface area contributed by atoms with Gasteiger partial charge in [0.05, 0.1) is 12.1 Å². The lowest BCUT2D eigenvalue weighted by Gasteiger charge is -2.09. The van der Waals surface area contributed by atoms with Crippen molar-refractivity contribution in [3.8, 4) is 17.2 Å². The van der Waals surface area contributed by atoms with Crippen LogP contribution >= 0.6 is 23.8 Å². The summed E-state index contributed by atoms with van der Waals surface area (Å²) in [7, 11) is 1.56. The number of oxazole rings is 1. The highest BCUT2D eigenvalue weighted by Crippen LogP contribution is 2.32. The number of anilines is 1. The molecule has 1 amide bonds. The molecule has 2 N–H and O–H groups in total. The number of carbonyl (C=O) groups excluding carboxylic acids is 1. The smallest absolute Gasteiger partial charge is 0.257 e. The van der Waals surface area contributed by atoms with Crippen LogP contribution in [0, 0.1) is 0 Å². The lowest BCUT2D eigenvalue weighted by atomic mass is 10.1. The van der Waals surface area contributed by atoms with Crippen LogP contribution in [0.3, 0.4) is 0 Å². The van der Waals surface area contributed by atoms with Crippen molar-refractivity contribution < 1.29 is 13.9 Å². The number of hydrogen-bond acceptors (Lipinski definition) is 5. The van der Waals surface area contributed by atoms with Crippen molar-refractivity contribution in [2.24, 2.45) is 0 Å². The molecule has 0 aliphatic heterocycles. The van der Waals surface area contributed by atoms with E-state index in [0.29, 0.717) is 39.0 Å². The Morgan fingerprint density at radius 1 is 1.12 bits per heavy atom. The molecule has 6 nitrogen and oxygen atoms in total. The molecule has 8 heteroatoms. The number of nitrogens with one attached hydrogen (secondary N) is 2. The number of methoxy groups -OCH3 is 1. The summed E-state index contributed by atoms with van der Waals surface area (Å²) < 4.78 is 11.0. The summed E-state index contributed by atoms with van der Waals surface area (Å²) in [5, 5.41) is 6.37. The molecule has 0 aliphatic carbocycles. The molecule has 0 aliphatic rings. The number of benzene rings is 3. The number of hydrogen-bond donors (Lipinski definition) is 2. The Labute approximate surface area is 195 Å². The number of halogens is 1. The number of rotatable bonds is 5. The number of fused-ring (bicyclic) bond motifs is 1. The number of thiocarbonyl (C=S) groups is 1. The second kappa shape index (κ2) is 9.38. The molecular formula is C24H20ClN3O3S. The van der Waals surface area contributed by atoms with Gasteiger partial charge in [-0.2, -0.15) is 0 Å². The van der Waals surface area contributed by atoms with Gasteiger partial charge in [-0.25, -0.2) is 4.98 Å². The van der Waals surface area contributed by atoms with Crippen molar-refractivity contribution in [2.45, 2.75) is 13.3 Å². The molecule has 0 spiro atoms. The molecule has 0 saturated heterocycles. The normalized spacial score (nSPS) is 10.7. The van der Waals surface area contributed by atoms with Gasteiger partial charge in [0.2, 0.25) is 5.89 Å². The lowest BCUT2D eigenvalue weighted by molar-refractivity contribution is 0.0977. The second-order valence-electron chi connectivity index (χ2n) is 7.01. The number of carbonyl (C=O) groups is 1. The van der Waals surface area contributed by atoms with Gasteiger partial charge in [-0.05, 0) is 72.7 Å². The minimum atomic E-state index is -0.272. The van der Waals surface area contributed by atoms with Gasteiger partial charge in [-0.15, -0.1) is 0 Å². The number of amides is 1. The van der Waals surface area contributed by atoms with E-state index in [1.54, 1.807) is 49.6 Å². The number of ether oxygens (including phenoxy) is 1. The molecular weight excluding hydrogens is 446 g/mol. The molecule has 0 radical (unpaired) electrons. The van der Waals surface area contributed by atoms with Crippen LogP contribution in [0.25, 0.3) is 22.6 Å². The molecule has 0 fully saturated rings. The maximum Gasteiger partial charge on any atom is 0.257 e. The Morgan fingerprint density at radius 2 is 1.91 bits per heavy atom. The second-order valence-corrected chi connectivity index (χ2v) is 7.83. The fourth-order valence-corrected chi connectivity index (χ4v) is 3.63. The zero-order valence-corrected chi connectivity index (χ0v) is 19.0. The number of aryl methyl sites for hydroxylation is 1. The summed E-state index contributed by atoms with van der Waals surface area (Å²) in [4.78, 5) is 16.9. The summed E-state index contributed by atoms with van der Waals surface area (Å²) in [5.74, 6) is 0.745. The SMILES string of the molecule is CCc1ccc(C(=O)NC(=S)Nc2ccc3oc(-c4ccc(OC)c(Cl)c4)nc3c2)cc1. The summed E-state index contributed by atoms with van der Waals surface area (Å²) in [6.07, 6.45) is 0.916. The van der Waals surface area contributed by atoms with Crippen LogP contribution in [-0.2, 0) is 6.42 Å². The number of aromatic nitrogens is 1. The van der Waals surface area contributed by atoms with E-state index < -0.39 is 0 Å². The third kappa shape index (κ3) is 4.74. The van der Waals surface area contributed by atoms with E-state index in [-0.39, 0.29) is 11.0 Å². The first-order valence-electron chi connectivity index (χ1n) is 9.92. The Morgan fingerprint density at radius 3 is 2.59 bits per heavy atom. The van der Waals surface area contributed by atoms with E-state index in [1.807, 2.05) is 18.2 Å². The largest absolute Gasteiger partial charge is 0.495 e. The van der Waals surface area contributed by atoms with E-state index in [1.165, 1.54) is 5.56 Å². The molecule has 0 saturated carbocycles. The highest BCUT2D eigenvalue weighted by atomic mass is 35.5. The van der Waals surface area contributed by atoms with Crippen LogP contribution in [0.1, 0.15) is 22.8 Å². The van der Waals surface area contributed by atoms with Gasteiger partial charge in [0.1, 0.15) is 11.3 Å². The summed E-state index contributed by atoms with van der Waals surface area (Å²) in [6.45, 7) is 2.06. The Balaban J connectivity index is 1.47. The molecule has 0 bridgehead atoms. The fourth-order valence-electron chi connectivity index (χ4n) is 3.16. The Hall–Kier alpha value is -3.42. The Kier molecular flexibility index (Phi) is 6.39. The predicted octanol–water partition coefficient (Wildman–Crippen LogP) is 5.85. The number of nitrogens with zero attached hydrogens (tertiary/aromatic N) is 1. The van der Waals surface area contributed by atoms with Crippen molar-refractivity contribution in [3.63, 3.8) is 0 Å². The molecule has 32 heavy (non-hydrogen) atoms. The third-order valence-electron chi connectivity index (χ3n) is 4.90. The van der Waals surface area contributed by atoms with Crippen LogP contribution < -0.4 is 15.4 Å². The van der Waals surface area contributed by atoms with E-state index in [4.69, 9.17) is 33.0 Å². The van der Waals surface area contributed by atoms with Gasteiger partial charge in [-0.3, -0.25) is 10.1 Å². The summed E-state index contributed by atoms with van der Waals surface area (Å²) in [6, 6.07) is 18.1. The van der Waals surface area contributed by atoms with Crippen molar-refractivity contribution in [1.82, 2.24) is 10.3 Å². The van der Waals surface area contributed by atoms with Gasteiger partial charge in [0.15, 0.2) is 10.7 Å². The van der Waals surface area contributed by atoms with Gasteiger partial charge >= 0.3 is 0 Å². The average molecular weight is 466 g/mol. The molecule has 1 heterocycles. The van der Waals surface area contributed by atoms with Gasteiger partial charge in [-0.1, -0.05) is 30.7 Å². The molecule has 162 valence electrons. The van der Waals surface area contributed by atoms with Crippen LogP contribution in [-0.4, -0.2) is 23.1 Å². The predicted molar refractivity (Wildman–Crippen MR) is 131 cm³/mol. The maximum absolute atomic E-state index is 12.4. The Bertz CT molecular complexity index is 1300. The minimum absolute atomic E-state index is 0.194. The highest BCUT2D eigenvalue weighted by molar-refractivity contribution is 7.80. The first kappa shape index (κ1) is 21.8. The average Bonchev–Trinajstić information content (AvgIpc) is 3.22. The van der Waals surface area contributed by atoms with Gasteiger partial charge in [0, 0.05) is 16.8 Å². The van der Waals surface area contributed by atoms with E-state index in [9.17, 15) is 4.79 Å². The van der Waals surface area contributed by atoms with E-state index in [2.05, 4.69) is 22.5 Å². The first-order valence-corrected chi connectivity index (χ1v) is 10.7. The molecule has 0 unspecified atom stereocenters. The van der Waals surface area contributed by atoms with Crippen molar-refractivity contribution in [3.05, 3.63) is 76.8 Å². The maximum atomic E-state index is 12.4. The molecule has 3 aromatic carbocycles. The van der Waals surface area contributed by atoms with Crippen LogP contribution in [0.15, 0.2) is 65.1 Å². The van der Waals surface area contributed by atoms with Crippen molar-refractivity contribution >= 4 is 51.6 Å². The van der Waals surface area contributed by atoms with Crippen LogP contribution in [0.5, 0.6) is 5.75 Å². The monoisotopic (exact) mass is 465 g/mol. The third-order valence-corrected chi connectivity index (χ3v) is 5.40. The van der Waals surface area contributed by atoms with Crippen molar-refractivity contribution in [2.75, 3.05) is 12.4 Å². The van der Waals surface area contributed by atoms with Crippen molar-refractivity contribution in [1.29, 1.82) is 0 Å². The zero-order chi connectivity index (χ0) is 22.7. The van der Waals surface area contributed by atoms with E-state index >= 15 is 0 Å². The van der Waals surface area contributed by atoms with Crippen LogP contribution in [0.4, 0.5) is 5.69 Å². The standard InChI is InChI=1S/C24H20ClN3O3S/c1-3-14-4-6-15(7-5-14)22(29)28-24(32)26-17-9-11-21-19(13-17)27-23(31-21)16-8-10-20(30-2)18(25)12-16/h4-13H,3H2,1-2H3,(H2,26,28,29,32). The summed E-state index contributed by atoms with van der Waals surface area (Å²) in [5.41, 5.74) is 4.38. The lowest BCUT2D eigenvalue weighted by Crippen LogP contribution is -2.34. The minimum Gasteiger partial charge on any atom is -0.495 e. The first-order chi connectivity index (χ1) is 15.5.